The monoisotopic (exact) mass is 399 g/mol. The number of carboxylic acid groups (broad SMARTS) is 1. The van der Waals surface area contributed by atoms with E-state index in [1.54, 1.807) is 19.1 Å². The minimum Gasteiger partial charge on any atom is -0.550 e. The molecule has 0 saturated heterocycles. The Morgan fingerprint density at radius 1 is 1.31 bits per heavy atom. The van der Waals surface area contributed by atoms with Crippen LogP contribution in [0.2, 0.25) is 0 Å². The molecule has 0 heterocycles. The van der Waals surface area contributed by atoms with Crippen molar-refractivity contribution in [2.24, 2.45) is 5.10 Å². The number of nitrogens with one attached hydrogen (secondary N) is 2. The van der Waals surface area contributed by atoms with Gasteiger partial charge in [0.2, 0.25) is 10.0 Å². The number of hydrazone groups is 1. The lowest BCUT2D eigenvalue weighted by Crippen LogP contribution is -2.32. The average Bonchev–Trinajstić information content (AvgIpc) is 2.59. The molecule has 0 amide bonds. The number of hydrogen-bond acceptors (Lipinski definition) is 6. The highest BCUT2D eigenvalue weighted by atomic mass is 32.2. The van der Waals surface area contributed by atoms with Gasteiger partial charge in [-0.15, -0.1) is 0 Å². The number of benzene rings is 1. The maximum Gasteiger partial charge on any atom is 0.242 e. The van der Waals surface area contributed by atoms with Crippen LogP contribution >= 0.6 is 12.2 Å². The van der Waals surface area contributed by atoms with E-state index in [1.807, 2.05) is 6.92 Å². The number of thiocarbonyl (C=S) groups is 1. The molecule has 1 aromatic rings. The van der Waals surface area contributed by atoms with Gasteiger partial charge in [-0.05, 0) is 56.6 Å². The number of sulfonamides is 1. The Bertz CT molecular complexity index is 761. The third-order valence-electron chi connectivity index (χ3n) is 3.50. The number of carboxylic acids is 1. The van der Waals surface area contributed by atoms with Gasteiger partial charge in [0.1, 0.15) is 0 Å². The molecular formula is C16H23N4O4S2-. The molecule has 0 aliphatic heterocycles. The largest absolute Gasteiger partial charge is 0.550 e. The molecule has 144 valence electrons. The van der Waals surface area contributed by atoms with Gasteiger partial charge in [0, 0.05) is 26.1 Å². The lowest BCUT2D eigenvalue weighted by atomic mass is 10.1. The van der Waals surface area contributed by atoms with Crippen LogP contribution in [-0.4, -0.2) is 49.7 Å². The van der Waals surface area contributed by atoms with Crippen molar-refractivity contribution >= 4 is 39.0 Å². The van der Waals surface area contributed by atoms with E-state index in [-0.39, 0.29) is 24.3 Å². The first kappa shape index (κ1) is 22.0. The predicted octanol–water partition coefficient (Wildman–Crippen LogP) is 0.0452. The summed E-state index contributed by atoms with van der Waals surface area (Å²) in [6, 6.07) is 6.28. The van der Waals surface area contributed by atoms with Gasteiger partial charge in [-0.3, -0.25) is 5.43 Å². The summed E-state index contributed by atoms with van der Waals surface area (Å²) in [4.78, 5) is 10.6. The molecule has 2 N–H and O–H groups in total. The van der Waals surface area contributed by atoms with Crippen LogP contribution in [0, 0.1) is 0 Å². The second kappa shape index (κ2) is 10.2. The summed E-state index contributed by atoms with van der Waals surface area (Å²) in [6.07, 6.45) is 0.00942. The van der Waals surface area contributed by atoms with Crippen LogP contribution in [0.1, 0.15) is 32.3 Å². The van der Waals surface area contributed by atoms with Crippen LogP contribution in [0.25, 0.3) is 0 Å². The van der Waals surface area contributed by atoms with Crippen LogP contribution in [0.4, 0.5) is 0 Å². The summed E-state index contributed by atoms with van der Waals surface area (Å²) in [5.74, 6) is -1.20. The summed E-state index contributed by atoms with van der Waals surface area (Å²) >= 11 is 5.02. The smallest absolute Gasteiger partial charge is 0.242 e. The van der Waals surface area contributed by atoms with E-state index < -0.39 is 16.0 Å². The molecular weight excluding hydrogens is 376 g/mol. The van der Waals surface area contributed by atoms with E-state index in [9.17, 15) is 18.3 Å². The summed E-state index contributed by atoms with van der Waals surface area (Å²) in [5, 5.41) is 17.9. The molecule has 1 rings (SSSR count). The van der Waals surface area contributed by atoms with Crippen LogP contribution in [0.3, 0.4) is 0 Å². The highest BCUT2D eigenvalue weighted by Gasteiger charge is 2.20. The molecule has 8 nitrogen and oxygen atoms in total. The van der Waals surface area contributed by atoms with Crippen LogP contribution in [0.15, 0.2) is 34.3 Å². The van der Waals surface area contributed by atoms with Crippen molar-refractivity contribution in [1.29, 1.82) is 0 Å². The number of hydrogen-bond donors (Lipinski definition) is 2. The van der Waals surface area contributed by atoms with Gasteiger partial charge in [-0.25, -0.2) is 12.7 Å². The van der Waals surface area contributed by atoms with Gasteiger partial charge in [-0.2, -0.15) is 5.10 Å². The number of nitrogens with zero attached hydrogens (tertiary/aromatic N) is 2. The Morgan fingerprint density at radius 3 is 2.46 bits per heavy atom. The van der Waals surface area contributed by atoms with E-state index in [1.165, 1.54) is 19.2 Å². The van der Waals surface area contributed by atoms with Gasteiger partial charge in [0.05, 0.1) is 10.6 Å². The second-order valence-corrected chi connectivity index (χ2v) is 7.95. The van der Waals surface area contributed by atoms with Crippen LogP contribution in [-0.2, 0) is 14.8 Å². The third kappa shape index (κ3) is 6.70. The highest BCUT2D eigenvalue weighted by Crippen LogP contribution is 2.16. The van der Waals surface area contributed by atoms with E-state index in [0.717, 1.165) is 9.87 Å². The molecule has 10 heteroatoms. The molecule has 0 radical (unpaired) electrons. The van der Waals surface area contributed by atoms with Gasteiger partial charge < -0.3 is 15.2 Å². The quantitative estimate of drug-likeness (QED) is 0.342. The summed E-state index contributed by atoms with van der Waals surface area (Å²) in [5.41, 5.74) is 4.10. The molecule has 0 aromatic heterocycles. The van der Waals surface area contributed by atoms with E-state index in [0.29, 0.717) is 17.4 Å². The van der Waals surface area contributed by atoms with Crippen molar-refractivity contribution in [1.82, 2.24) is 15.0 Å². The highest BCUT2D eigenvalue weighted by molar-refractivity contribution is 7.89. The number of aliphatic carboxylic acids is 1. The first-order chi connectivity index (χ1) is 12.2. The SMILES string of the molecule is CCNC(=S)N/N=C(/C)c1ccc(S(=O)(=O)N(C)CCCC(=O)[O-])cc1. The minimum atomic E-state index is -3.68. The second-order valence-electron chi connectivity index (χ2n) is 5.49. The third-order valence-corrected chi connectivity index (χ3v) is 5.60. The number of carbonyl (C=O) groups excluding carboxylic acids is 1. The molecule has 1 aromatic carbocycles. The molecule has 0 saturated carbocycles. The van der Waals surface area contributed by atoms with E-state index in [4.69, 9.17) is 12.2 Å². The van der Waals surface area contributed by atoms with Crippen LogP contribution in [0.5, 0.6) is 0 Å². The lowest BCUT2D eigenvalue weighted by Gasteiger charge is -2.17. The zero-order chi connectivity index (χ0) is 19.7. The van der Waals surface area contributed by atoms with E-state index in [2.05, 4.69) is 15.8 Å². The standard InChI is InChI=1S/C16H24N4O4S2/c1-4-17-16(25)19-18-12(2)13-7-9-14(10-8-13)26(23,24)20(3)11-5-6-15(21)22/h7-10H,4-6,11H2,1-3H3,(H,21,22)(H2,17,19,25)/p-1/b18-12-. The Labute approximate surface area is 159 Å². The molecule has 0 atom stereocenters. The first-order valence-corrected chi connectivity index (χ1v) is 9.88. The zero-order valence-electron chi connectivity index (χ0n) is 15.0. The fraction of sp³-hybridized carbons (Fsp3) is 0.438. The fourth-order valence-corrected chi connectivity index (χ4v) is 3.41. The molecule has 0 unspecified atom stereocenters. The Morgan fingerprint density at radius 2 is 1.92 bits per heavy atom. The van der Waals surface area contributed by atoms with E-state index >= 15 is 0 Å². The fourth-order valence-electron chi connectivity index (χ4n) is 2.01. The van der Waals surface area contributed by atoms with Crippen molar-refractivity contribution in [2.45, 2.75) is 31.6 Å². The Hall–Kier alpha value is -2.04. The average molecular weight is 400 g/mol. The molecule has 0 aliphatic carbocycles. The summed E-state index contributed by atoms with van der Waals surface area (Å²) < 4.78 is 26.1. The summed E-state index contributed by atoms with van der Waals surface area (Å²) in [7, 11) is -2.27. The molecule has 26 heavy (non-hydrogen) atoms. The lowest BCUT2D eigenvalue weighted by molar-refractivity contribution is -0.305. The maximum absolute atomic E-state index is 12.5. The number of rotatable bonds is 9. The van der Waals surface area contributed by atoms with Gasteiger partial charge in [0.25, 0.3) is 0 Å². The molecule has 0 spiro atoms. The molecule has 0 fully saturated rings. The van der Waals surface area contributed by atoms with Crippen molar-refractivity contribution in [2.75, 3.05) is 20.1 Å². The number of carbonyl (C=O) groups is 1. The van der Waals surface area contributed by atoms with Gasteiger partial charge in [-0.1, -0.05) is 12.1 Å². The van der Waals surface area contributed by atoms with Crippen molar-refractivity contribution in [3.05, 3.63) is 29.8 Å². The van der Waals surface area contributed by atoms with Crippen molar-refractivity contribution in [3.63, 3.8) is 0 Å². The molecule has 0 bridgehead atoms. The first-order valence-electron chi connectivity index (χ1n) is 8.03. The topological polar surface area (TPSA) is 114 Å². The predicted molar refractivity (Wildman–Crippen MR) is 102 cm³/mol. The molecule has 0 aliphatic rings. The van der Waals surface area contributed by atoms with Crippen LogP contribution < -0.4 is 15.8 Å². The van der Waals surface area contributed by atoms with Gasteiger partial charge in [0.15, 0.2) is 5.11 Å². The Balaban J connectivity index is 2.80. The van der Waals surface area contributed by atoms with Gasteiger partial charge >= 0.3 is 0 Å². The minimum absolute atomic E-state index is 0.102. The Kier molecular flexibility index (Phi) is 8.62. The van der Waals surface area contributed by atoms with Crippen molar-refractivity contribution < 1.29 is 18.3 Å². The van der Waals surface area contributed by atoms with Crippen molar-refractivity contribution in [3.8, 4) is 0 Å². The summed E-state index contributed by atoms with van der Waals surface area (Å²) in [6.45, 7) is 4.48. The zero-order valence-corrected chi connectivity index (χ0v) is 16.6. The maximum atomic E-state index is 12.5. The normalized spacial score (nSPS) is 12.1.